The van der Waals surface area contributed by atoms with Crippen molar-refractivity contribution in [2.75, 3.05) is 31.6 Å². The van der Waals surface area contributed by atoms with Crippen LogP contribution >= 0.6 is 23.2 Å². The van der Waals surface area contributed by atoms with Crippen LogP contribution < -0.4 is 10.9 Å². The van der Waals surface area contributed by atoms with E-state index in [1.807, 2.05) is 6.08 Å². The van der Waals surface area contributed by atoms with E-state index in [4.69, 9.17) is 27.9 Å². The van der Waals surface area contributed by atoms with Gasteiger partial charge in [-0.3, -0.25) is 14.4 Å². The highest BCUT2D eigenvalue weighted by Gasteiger charge is 2.46. The molecule has 256 valence electrons. The van der Waals surface area contributed by atoms with E-state index in [2.05, 4.69) is 20.4 Å². The molecule has 2 N–H and O–H groups in total. The Balaban J connectivity index is 1.23. The molecule has 1 aromatic carbocycles. The molecule has 0 saturated carbocycles. The van der Waals surface area contributed by atoms with Crippen LogP contribution in [0.2, 0.25) is 10.0 Å². The molecule has 0 unspecified atom stereocenters. The molecule has 0 atom stereocenters. The van der Waals surface area contributed by atoms with E-state index in [1.54, 1.807) is 9.47 Å². The average Bonchev–Trinajstić information content (AvgIpc) is 3.69. The zero-order valence-electron chi connectivity index (χ0n) is 25.7. The standard InChI is InChI=1S/C32H28Cl2F3N7O5/c33-19-4-10-38-25(26(19)46)29(48)42-11-8-31(9-12-42)7-3-22-24(31)28(47)44-30(40-27(41-44)17-5-13-49-14-6-17)43(22)16-23(45)39-21-2-1-18(15-20(21)34)32(35,36)37/h1-2,4-5,10,15,46H,3,6-9,11-14,16H2,(H,39,45). The van der Waals surface area contributed by atoms with E-state index in [1.165, 1.54) is 16.8 Å². The second-order valence-electron chi connectivity index (χ2n) is 12.2. The number of alkyl halides is 3. The molecular formula is C32H28Cl2F3N7O5. The van der Waals surface area contributed by atoms with Gasteiger partial charge in [0.05, 0.1) is 34.5 Å². The van der Waals surface area contributed by atoms with E-state index in [9.17, 15) is 32.7 Å². The molecule has 49 heavy (non-hydrogen) atoms. The van der Waals surface area contributed by atoms with E-state index in [-0.39, 0.29) is 52.4 Å². The van der Waals surface area contributed by atoms with Crippen LogP contribution in [0.1, 0.15) is 58.8 Å². The van der Waals surface area contributed by atoms with Gasteiger partial charge in [-0.2, -0.15) is 22.7 Å². The molecule has 1 fully saturated rings. The summed E-state index contributed by atoms with van der Waals surface area (Å²) in [6.45, 7) is 1.03. The number of ether oxygens (including phenoxy) is 1. The molecule has 0 radical (unpaired) electrons. The predicted molar refractivity (Wildman–Crippen MR) is 172 cm³/mol. The fraction of sp³-hybridized carbons (Fsp3) is 0.375. The number of rotatable bonds is 5. The molecule has 12 nitrogen and oxygen atoms in total. The van der Waals surface area contributed by atoms with E-state index in [0.717, 1.165) is 23.8 Å². The van der Waals surface area contributed by atoms with Crippen molar-refractivity contribution >= 4 is 52.1 Å². The second kappa shape index (κ2) is 12.4. The number of aromatic nitrogens is 5. The molecule has 1 saturated heterocycles. The quantitative estimate of drug-likeness (QED) is 0.298. The van der Waals surface area contributed by atoms with Gasteiger partial charge in [-0.1, -0.05) is 29.3 Å². The van der Waals surface area contributed by atoms with E-state index >= 15 is 0 Å². The summed E-state index contributed by atoms with van der Waals surface area (Å²) in [5.74, 6) is -1.01. The SMILES string of the molecule is O=C(Cn1c2c(c(=O)n3nc(C4=CCOCC4)nc13)C1(CC2)CCN(C(=O)c2nccc(Cl)c2O)CC1)Nc1ccc(C(F)(F)F)cc1Cl. The summed E-state index contributed by atoms with van der Waals surface area (Å²) < 4.78 is 47.8. The first-order chi connectivity index (χ1) is 23.4. The number of hydrogen-bond donors (Lipinski definition) is 2. The second-order valence-corrected chi connectivity index (χ2v) is 13.0. The molecule has 2 amide bonds. The van der Waals surface area contributed by atoms with Crippen LogP contribution in [0.25, 0.3) is 11.4 Å². The third-order valence-corrected chi connectivity index (χ3v) is 10.0. The van der Waals surface area contributed by atoms with Crippen LogP contribution in [0.15, 0.2) is 41.3 Å². The number of carbonyl (C=O) groups is 2. The Morgan fingerprint density at radius 1 is 1.08 bits per heavy atom. The molecule has 7 rings (SSSR count). The van der Waals surface area contributed by atoms with Crippen molar-refractivity contribution in [1.29, 1.82) is 0 Å². The third-order valence-electron chi connectivity index (χ3n) is 9.43. The maximum Gasteiger partial charge on any atom is 0.416 e. The number of piperidine rings is 1. The highest BCUT2D eigenvalue weighted by atomic mass is 35.5. The number of amides is 2. The Labute approximate surface area is 286 Å². The van der Waals surface area contributed by atoms with Gasteiger partial charge >= 0.3 is 6.18 Å². The monoisotopic (exact) mass is 717 g/mol. The molecule has 5 heterocycles. The lowest BCUT2D eigenvalue weighted by molar-refractivity contribution is -0.137. The van der Waals surface area contributed by atoms with Crippen LogP contribution in [0.4, 0.5) is 18.9 Å². The lowest BCUT2D eigenvalue weighted by Gasteiger charge is -2.39. The van der Waals surface area contributed by atoms with Crippen LogP contribution in [-0.4, -0.2) is 72.3 Å². The minimum absolute atomic E-state index is 0.00312. The highest BCUT2D eigenvalue weighted by molar-refractivity contribution is 6.33. The lowest BCUT2D eigenvalue weighted by atomic mass is 9.74. The summed E-state index contributed by atoms with van der Waals surface area (Å²) in [7, 11) is 0. The van der Waals surface area contributed by atoms with Crippen LogP contribution in [0.5, 0.6) is 5.75 Å². The summed E-state index contributed by atoms with van der Waals surface area (Å²) in [6, 6.07) is 4.04. The third kappa shape index (κ3) is 5.93. The van der Waals surface area contributed by atoms with E-state index in [0.29, 0.717) is 62.4 Å². The first kappa shape index (κ1) is 33.0. The fourth-order valence-electron chi connectivity index (χ4n) is 6.91. The maximum absolute atomic E-state index is 14.3. The summed E-state index contributed by atoms with van der Waals surface area (Å²) in [4.78, 5) is 51.2. The highest BCUT2D eigenvalue weighted by Crippen LogP contribution is 2.45. The van der Waals surface area contributed by atoms with Crippen molar-refractivity contribution in [3.8, 4) is 5.75 Å². The number of likely N-dealkylation sites (tertiary alicyclic amines) is 1. The molecule has 3 aromatic heterocycles. The topological polar surface area (TPSA) is 144 Å². The van der Waals surface area contributed by atoms with Crippen molar-refractivity contribution in [1.82, 2.24) is 29.0 Å². The lowest BCUT2D eigenvalue weighted by Crippen LogP contribution is -2.46. The van der Waals surface area contributed by atoms with Crippen molar-refractivity contribution in [2.24, 2.45) is 0 Å². The number of nitrogens with one attached hydrogen (secondary N) is 1. The molecule has 1 aliphatic carbocycles. The largest absolute Gasteiger partial charge is 0.504 e. The summed E-state index contributed by atoms with van der Waals surface area (Å²) in [5.41, 5.74) is -0.249. The number of hydrogen-bond acceptors (Lipinski definition) is 8. The maximum atomic E-state index is 14.3. The number of anilines is 1. The van der Waals surface area contributed by atoms with Crippen molar-refractivity contribution in [2.45, 2.75) is 50.2 Å². The van der Waals surface area contributed by atoms with Gasteiger partial charge < -0.3 is 24.6 Å². The van der Waals surface area contributed by atoms with Gasteiger partial charge in [0.1, 0.15) is 6.54 Å². The molecule has 4 aromatic rings. The Morgan fingerprint density at radius 3 is 2.55 bits per heavy atom. The van der Waals surface area contributed by atoms with Gasteiger partial charge in [-0.25, -0.2) is 4.98 Å². The molecule has 2 aliphatic heterocycles. The number of aromatic hydroxyl groups is 1. The van der Waals surface area contributed by atoms with E-state index < -0.39 is 34.7 Å². The Morgan fingerprint density at radius 2 is 1.86 bits per heavy atom. The van der Waals surface area contributed by atoms with Crippen molar-refractivity contribution < 1.29 is 32.6 Å². The average molecular weight is 719 g/mol. The Kier molecular flexibility index (Phi) is 8.40. The molecule has 3 aliphatic rings. The Bertz CT molecular complexity index is 2110. The Hall–Kier alpha value is -4.47. The number of nitrogens with zero attached hydrogens (tertiary/aromatic N) is 6. The predicted octanol–water partition coefficient (Wildman–Crippen LogP) is 4.88. The first-order valence-electron chi connectivity index (χ1n) is 15.5. The summed E-state index contributed by atoms with van der Waals surface area (Å²) in [6.07, 6.45) is 0.937. The van der Waals surface area contributed by atoms with Crippen LogP contribution in [0, 0.1) is 0 Å². The molecule has 17 heteroatoms. The first-order valence-corrected chi connectivity index (χ1v) is 16.2. The molecule has 0 bridgehead atoms. The van der Waals surface area contributed by atoms with Gasteiger partial charge in [0, 0.05) is 36.0 Å². The zero-order chi connectivity index (χ0) is 34.7. The number of benzene rings is 1. The van der Waals surface area contributed by atoms with Gasteiger partial charge in [0.15, 0.2) is 17.3 Å². The number of pyridine rings is 1. The fourth-order valence-corrected chi connectivity index (χ4v) is 7.28. The van der Waals surface area contributed by atoms with Gasteiger partial charge in [0.2, 0.25) is 11.7 Å². The number of fused-ring (bicyclic) bond motifs is 3. The molecular weight excluding hydrogens is 690 g/mol. The van der Waals surface area contributed by atoms with Crippen molar-refractivity contribution in [3.05, 3.63) is 85.3 Å². The van der Waals surface area contributed by atoms with Crippen molar-refractivity contribution in [3.63, 3.8) is 0 Å². The van der Waals surface area contributed by atoms with Crippen LogP contribution in [0.3, 0.4) is 0 Å². The normalized spacial score (nSPS) is 17.3. The summed E-state index contributed by atoms with van der Waals surface area (Å²) in [5, 5.41) is 17.2. The number of halogens is 5. The smallest absolute Gasteiger partial charge is 0.416 e. The van der Waals surface area contributed by atoms with Gasteiger partial charge in [-0.05, 0) is 61.9 Å². The van der Waals surface area contributed by atoms with Gasteiger partial charge in [0.25, 0.3) is 11.5 Å². The minimum Gasteiger partial charge on any atom is -0.504 e. The number of carbonyl (C=O) groups excluding carboxylic acids is 2. The summed E-state index contributed by atoms with van der Waals surface area (Å²) >= 11 is 12.1. The minimum atomic E-state index is -4.60. The van der Waals surface area contributed by atoms with Crippen LogP contribution in [-0.2, 0) is 34.1 Å². The van der Waals surface area contributed by atoms with Gasteiger partial charge in [-0.15, -0.1) is 5.10 Å². The molecule has 1 spiro atoms. The zero-order valence-corrected chi connectivity index (χ0v) is 27.2.